The molecule has 0 atom stereocenters. The number of aromatic nitrogens is 6. The van der Waals surface area contributed by atoms with Crippen LogP contribution in [0, 0.1) is 0 Å². The maximum Gasteiger partial charge on any atom is 0.248 e. The Kier molecular flexibility index (Phi) is 4.74. The van der Waals surface area contributed by atoms with Crippen molar-refractivity contribution in [3.8, 4) is 0 Å². The van der Waals surface area contributed by atoms with Crippen molar-refractivity contribution in [2.45, 2.75) is 13.0 Å². The molecule has 2 amide bonds. The van der Waals surface area contributed by atoms with Gasteiger partial charge in [-0.1, -0.05) is 12.1 Å². The number of hydrogen-bond donors (Lipinski definition) is 3. The van der Waals surface area contributed by atoms with Crippen molar-refractivity contribution >= 4 is 34.2 Å². The highest BCUT2D eigenvalue weighted by Crippen LogP contribution is 2.16. The number of aromatic amines is 1. The van der Waals surface area contributed by atoms with E-state index in [1.54, 1.807) is 30.6 Å². The van der Waals surface area contributed by atoms with E-state index in [1.807, 2.05) is 18.2 Å². The normalized spacial score (nSPS) is 10.7. The van der Waals surface area contributed by atoms with E-state index >= 15 is 0 Å². The molecule has 0 aliphatic carbocycles. The number of benzene rings is 2. The van der Waals surface area contributed by atoms with E-state index < -0.39 is 0 Å². The first-order chi connectivity index (χ1) is 13.7. The first kappa shape index (κ1) is 17.3. The molecule has 3 N–H and O–H groups in total. The molecule has 0 bridgehead atoms. The zero-order chi connectivity index (χ0) is 19.3. The molecule has 4 rings (SSSR count). The molecule has 0 aliphatic heterocycles. The maximum absolute atomic E-state index is 12.4. The first-order valence-corrected chi connectivity index (χ1v) is 8.48. The third-order valence-corrected chi connectivity index (χ3v) is 3.96. The van der Waals surface area contributed by atoms with Gasteiger partial charge in [0.15, 0.2) is 6.33 Å². The third kappa shape index (κ3) is 4.18. The molecular formula is C18H16N8O2. The Morgan fingerprint density at radius 1 is 1.04 bits per heavy atom. The molecule has 2 heterocycles. The van der Waals surface area contributed by atoms with Gasteiger partial charge in [0.2, 0.25) is 11.8 Å². The van der Waals surface area contributed by atoms with Gasteiger partial charge < -0.3 is 15.6 Å². The number of imidazole rings is 1. The van der Waals surface area contributed by atoms with Gasteiger partial charge in [-0.05, 0) is 41.1 Å². The number of tetrazole rings is 1. The number of anilines is 2. The zero-order valence-electron chi connectivity index (χ0n) is 14.7. The van der Waals surface area contributed by atoms with Crippen LogP contribution in [-0.2, 0) is 22.6 Å². The second kappa shape index (κ2) is 7.66. The van der Waals surface area contributed by atoms with Crippen molar-refractivity contribution in [3.63, 3.8) is 0 Å². The molecule has 0 unspecified atom stereocenters. The van der Waals surface area contributed by atoms with E-state index in [2.05, 4.69) is 36.0 Å². The van der Waals surface area contributed by atoms with E-state index in [0.29, 0.717) is 11.4 Å². The number of hydrogen-bond acceptors (Lipinski definition) is 6. The Morgan fingerprint density at radius 3 is 2.64 bits per heavy atom. The van der Waals surface area contributed by atoms with Crippen LogP contribution in [0.5, 0.6) is 0 Å². The molecule has 4 aromatic rings. The molecule has 10 heteroatoms. The first-order valence-electron chi connectivity index (χ1n) is 8.48. The highest BCUT2D eigenvalue weighted by molar-refractivity contribution is 5.95. The molecule has 2 aromatic carbocycles. The van der Waals surface area contributed by atoms with Crippen molar-refractivity contribution in [1.29, 1.82) is 0 Å². The maximum atomic E-state index is 12.4. The van der Waals surface area contributed by atoms with Crippen LogP contribution >= 0.6 is 0 Å². The van der Waals surface area contributed by atoms with Gasteiger partial charge in [0.1, 0.15) is 6.54 Å². The van der Waals surface area contributed by atoms with Crippen molar-refractivity contribution in [1.82, 2.24) is 30.2 Å². The second-order valence-corrected chi connectivity index (χ2v) is 6.07. The smallest absolute Gasteiger partial charge is 0.248 e. The summed E-state index contributed by atoms with van der Waals surface area (Å²) < 4.78 is 0. The van der Waals surface area contributed by atoms with Gasteiger partial charge in [-0.3, -0.25) is 9.59 Å². The molecule has 0 radical (unpaired) electrons. The predicted octanol–water partition coefficient (Wildman–Crippen LogP) is 1.37. The highest BCUT2D eigenvalue weighted by atomic mass is 16.2. The van der Waals surface area contributed by atoms with Crippen molar-refractivity contribution < 1.29 is 9.59 Å². The lowest BCUT2D eigenvalue weighted by atomic mass is 10.1. The summed E-state index contributed by atoms with van der Waals surface area (Å²) >= 11 is 0. The lowest BCUT2D eigenvalue weighted by molar-refractivity contribution is -0.117. The highest BCUT2D eigenvalue weighted by Gasteiger charge is 2.08. The van der Waals surface area contributed by atoms with Gasteiger partial charge in [0, 0.05) is 11.4 Å². The quantitative estimate of drug-likeness (QED) is 0.466. The summed E-state index contributed by atoms with van der Waals surface area (Å²) in [6.07, 6.45) is 3.10. The van der Waals surface area contributed by atoms with E-state index in [1.165, 1.54) is 11.1 Å². The molecule has 2 aromatic heterocycles. The van der Waals surface area contributed by atoms with Crippen molar-refractivity contribution in [2.75, 3.05) is 10.6 Å². The number of carbonyl (C=O) groups is 2. The number of nitrogens with one attached hydrogen (secondary N) is 3. The SMILES string of the molecule is O=C(Cc1ccc2nc[nH]c2c1)Nc1cccc(NC(=O)Cn2ncnn2)c1. The number of nitrogens with zero attached hydrogens (tertiary/aromatic N) is 5. The Morgan fingerprint density at radius 2 is 1.86 bits per heavy atom. The fourth-order valence-corrected chi connectivity index (χ4v) is 2.75. The fourth-order valence-electron chi connectivity index (χ4n) is 2.75. The number of fused-ring (bicyclic) bond motifs is 1. The van der Waals surface area contributed by atoms with Crippen LogP contribution in [0.15, 0.2) is 55.1 Å². The van der Waals surface area contributed by atoms with Crippen LogP contribution < -0.4 is 10.6 Å². The Bertz CT molecular complexity index is 1120. The van der Waals surface area contributed by atoms with Crippen LogP contribution in [0.1, 0.15) is 5.56 Å². The number of carbonyl (C=O) groups excluding carboxylic acids is 2. The summed E-state index contributed by atoms with van der Waals surface area (Å²) in [5, 5.41) is 16.5. The van der Waals surface area contributed by atoms with Crippen LogP contribution in [0.4, 0.5) is 11.4 Å². The average Bonchev–Trinajstić information content (AvgIpc) is 3.33. The van der Waals surface area contributed by atoms with Gasteiger partial charge in [0.25, 0.3) is 0 Å². The minimum Gasteiger partial charge on any atom is -0.345 e. The topological polar surface area (TPSA) is 130 Å². The van der Waals surface area contributed by atoms with E-state index in [-0.39, 0.29) is 24.8 Å². The summed E-state index contributed by atoms with van der Waals surface area (Å²) in [5.74, 6) is -0.455. The van der Waals surface area contributed by atoms with Crippen molar-refractivity contribution in [3.05, 3.63) is 60.7 Å². The fraction of sp³-hybridized carbons (Fsp3) is 0.111. The largest absolute Gasteiger partial charge is 0.345 e. The molecule has 10 nitrogen and oxygen atoms in total. The van der Waals surface area contributed by atoms with Crippen LogP contribution in [-0.4, -0.2) is 42.0 Å². The zero-order valence-corrected chi connectivity index (χ0v) is 14.7. The minimum atomic E-state index is -0.297. The number of H-pyrrole nitrogens is 1. The lowest BCUT2D eigenvalue weighted by Crippen LogP contribution is -2.20. The molecule has 140 valence electrons. The second-order valence-electron chi connectivity index (χ2n) is 6.07. The number of amides is 2. The van der Waals surface area contributed by atoms with E-state index in [9.17, 15) is 9.59 Å². The average molecular weight is 376 g/mol. The molecule has 0 saturated heterocycles. The van der Waals surface area contributed by atoms with Crippen LogP contribution in [0.3, 0.4) is 0 Å². The van der Waals surface area contributed by atoms with Gasteiger partial charge in [-0.25, -0.2) is 4.98 Å². The molecule has 0 saturated carbocycles. The van der Waals surface area contributed by atoms with E-state index in [0.717, 1.165) is 16.6 Å². The van der Waals surface area contributed by atoms with Crippen LogP contribution in [0.25, 0.3) is 11.0 Å². The Balaban J connectivity index is 1.36. The molecule has 0 aliphatic rings. The van der Waals surface area contributed by atoms with Gasteiger partial charge in [0.05, 0.1) is 23.8 Å². The van der Waals surface area contributed by atoms with Crippen LogP contribution in [0.2, 0.25) is 0 Å². The minimum absolute atomic E-state index is 0.0489. The molecule has 0 fully saturated rings. The standard InChI is InChI=1S/C18H16N8O2/c27-17(7-12-4-5-15-16(6-12)20-10-19-15)23-13-2-1-3-14(8-13)24-18(28)9-26-22-11-21-25-26/h1-6,8,10-11H,7,9H2,(H,19,20)(H,23,27)(H,24,28). The monoisotopic (exact) mass is 376 g/mol. The molecular weight excluding hydrogens is 360 g/mol. The summed E-state index contributed by atoms with van der Waals surface area (Å²) in [4.78, 5) is 32.7. The summed E-state index contributed by atoms with van der Waals surface area (Å²) in [5.41, 5.74) is 3.76. The van der Waals surface area contributed by atoms with Gasteiger partial charge >= 0.3 is 0 Å². The summed E-state index contributed by atoms with van der Waals surface area (Å²) in [6, 6.07) is 12.6. The predicted molar refractivity (Wildman–Crippen MR) is 101 cm³/mol. The third-order valence-electron chi connectivity index (χ3n) is 3.96. The lowest BCUT2D eigenvalue weighted by Gasteiger charge is -2.09. The van der Waals surface area contributed by atoms with Gasteiger partial charge in [-0.2, -0.15) is 4.80 Å². The van der Waals surface area contributed by atoms with Gasteiger partial charge in [-0.15, -0.1) is 10.2 Å². The molecule has 28 heavy (non-hydrogen) atoms. The Hall–Kier alpha value is -4.08. The summed E-state index contributed by atoms with van der Waals surface area (Å²) in [6.45, 7) is -0.0489. The van der Waals surface area contributed by atoms with Crippen molar-refractivity contribution in [2.24, 2.45) is 0 Å². The molecule has 0 spiro atoms. The van der Waals surface area contributed by atoms with E-state index in [4.69, 9.17) is 0 Å². The summed E-state index contributed by atoms with van der Waals surface area (Å²) in [7, 11) is 0. The Labute approximate surface area is 159 Å². The number of rotatable bonds is 6.